The number of esters is 1. The molecule has 1 amide bonds. The van der Waals surface area contributed by atoms with E-state index in [0.717, 1.165) is 0 Å². The smallest absolute Gasteiger partial charge is 0.341 e. The van der Waals surface area contributed by atoms with Gasteiger partial charge < -0.3 is 14.8 Å². The summed E-state index contributed by atoms with van der Waals surface area (Å²) in [6.07, 6.45) is 1.47. The van der Waals surface area contributed by atoms with Crippen molar-refractivity contribution in [2.24, 2.45) is 0 Å². The summed E-state index contributed by atoms with van der Waals surface area (Å²) in [4.78, 5) is 24.4. The summed E-state index contributed by atoms with van der Waals surface area (Å²) >= 11 is 6.17. The minimum atomic E-state index is -0.630. The summed E-state index contributed by atoms with van der Waals surface area (Å²) < 4.78 is 10.1. The molecule has 138 valence electrons. The molecule has 0 spiro atoms. The van der Waals surface area contributed by atoms with Crippen molar-refractivity contribution in [3.63, 3.8) is 0 Å². The number of nitriles is 1. The number of anilines is 1. The van der Waals surface area contributed by atoms with Crippen LogP contribution in [-0.4, -0.2) is 25.6 Å². The zero-order valence-electron chi connectivity index (χ0n) is 14.8. The zero-order valence-corrected chi connectivity index (χ0v) is 15.5. The largest absolute Gasteiger partial charge is 0.496 e. The second-order valence-electron chi connectivity index (χ2n) is 5.29. The maximum atomic E-state index is 12.4. The van der Waals surface area contributed by atoms with Crippen LogP contribution in [0.15, 0.2) is 48.0 Å². The van der Waals surface area contributed by atoms with Crippen LogP contribution in [0.25, 0.3) is 6.08 Å². The molecule has 0 radical (unpaired) electrons. The Hall–Kier alpha value is -3.30. The van der Waals surface area contributed by atoms with Crippen molar-refractivity contribution < 1.29 is 19.1 Å². The molecule has 2 rings (SSSR count). The minimum absolute atomic E-state index is 0.0919. The Morgan fingerprint density at radius 1 is 1.26 bits per heavy atom. The second kappa shape index (κ2) is 9.41. The fourth-order valence-electron chi connectivity index (χ4n) is 2.24. The number of hydrogen-bond acceptors (Lipinski definition) is 5. The van der Waals surface area contributed by atoms with Gasteiger partial charge in [-0.3, -0.25) is 4.79 Å². The molecule has 0 aliphatic rings. The van der Waals surface area contributed by atoms with E-state index in [1.165, 1.54) is 25.3 Å². The Morgan fingerprint density at radius 2 is 1.96 bits per heavy atom. The maximum absolute atomic E-state index is 12.4. The lowest BCUT2D eigenvalue weighted by Gasteiger charge is -2.12. The molecule has 0 saturated carbocycles. The molecule has 1 N–H and O–H groups in total. The summed E-state index contributed by atoms with van der Waals surface area (Å²) in [6.45, 7) is 1.89. The highest BCUT2D eigenvalue weighted by Gasteiger charge is 2.19. The van der Waals surface area contributed by atoms with Crippen LogP contribution in [0.1, 0.15) is 22.8 Å². The van der Waals surface area contributed by atoms with Crippen LogP contribution >= 0.6 is 11.6 Å². The van der Waals surface area contributed by atoms with Gasteiger partial charge in [-0.15, -0.1) is 0 Å². The van der Waals surface area contributed by atoms with E-state index in [0.29, 0.717) is 5.56 Å². The quantitative estimate of drug-likeness (QED) is 0.460. The van der Waals surface area contributed by atoms with Crippen molar-refractivity contribution in [1.82, 2.24) is 0 Å². The van der Waals surface area contributed by atoms with E-state index in [1.807, 2.05) is 12.1 Å². The number of carbonyl (C=O) groups excluding carboxylic acids is 2. The third-order valence-electron chi connectivity index (χ3n) is 3.51. The summed E-state index contributed by atoms with van der Waals surface area (Å²) in [7, 11) is 1.38. The number of amides is 1. The van der Waals surface area contributed by atoms with Crippen LogP contribution in [0.3, 0.4) is 0 Å². The van der Waals surface area contributed by atoms with Gasteiger partial charge in [0.05, 0.1) is 24.4 Å². The summed E-state index contributed by atoms with van der Waals surface area (Å²) in [5.74, 6) is -1.02. The molecule has 0 aliphatic carbocycles. The summed E-state index contributed by atoms with van der Waals surface area (Å²) in [5, 5.41) is 12.0. The van der Waals surface area contributed by atoms with Crippen LogP contribution in [-0.2, 0) is 9.53 Å². The van der Waals surface area contributed by atoms with E-state index < -0.39 is 11.9 Å². The first kappa shape index (κ1) is 20.0. The normalized spacial score (nSPS) is 10.7. The van der Waals surface area contributed by atoms with Crippen molar-refractivity contribution in [3.8, 4) is 11.8 Å². The third-order valence-corrected chi connectivity index (χ3v) is 3.82. The number of ether oxygens (including phenoxy) is 2. The lowest BCUT2D eigenvalue weighted by atomic mass is 10.1. The first-order valence-electron chi connectivity index (χ1n) is 8.03. The standard InChI is InChI=1S/C20H17ClN2O4/c1-3-27-20(25)15-10-16(21)17(11-18(15)26-2)23-19(24)14(12-22)9-13-7-5-4-6-8-13/h4-11H,3H2,1-2H3,(H,23,24)/b14-9+. The fraction of sp³-hybridized carbons (Fsp3) is 0.150. The summed E-state index contributed by atoms with van der Waals surface area (Å²) in [6, 6.07) is 13.6. The molecule has 7 heteroatoms. The van der Waals surface area contributed by atoms with Gasteiger partial charge in [0.25, 0.3) is 5.91 Å². The number of rotatable bonds is 6. The van der Waals surface area contributed by atoms with E-state index >= 15 is 0 Å². The number of nitrogens with zero attached hydrogens (tertiary/aromatic N) is 1. The molecule has 0 fully saturated rings. The van der Waals surface area contributed by atoms with Crippen LogP contribution in [0.5, 0.6) is 5.75 Å². The molecule has 6 nitrogen and oxygen atoms in total. The molecule has 0 aromatic heterocycles. The van der Waals surface area contributed by atoms with Gasteiger partial charge >= 0.3 is 5.97 Å². The number of methoxy groups -OCH3 is 1. The van der Waals surface area contributed by atoms with Crippen LogP contribution < -0.4 is 10.1 Å². The van der Waals surface area contributed by atoms with Crippen LogP contribution in [0.2, 0.25) is 5.02 Å². The minimum Gasteiger partial charge on any atom is -0.496 e. The molecule has 0 bridgehead atoms. The average Bonchev–Trinajstić information content (AvgIpc) is 2.68. The van der Waals surface area contributed by atoms with Crippen LogP contribution in [0.4, 0.5) is 5.69 Å². The molecule has 27 heavy (non-hydrogen) atoms. The highest BCUT2D eigenvalue weighted by Crippen LogP contribution is 2.31. The highest BCUT2D eigenvalue weighted by molar-refractivity contribution is 6.34. The van der Waals surface area contributed by atoms with Crippen molar-refractivity contribution >= 4 is 35.2 Å². The SMILES string of the molecule is CCOC(=O)c1cc(Cl)c(NC(=O)/C(C#N)=C/c2ccccc2)cc1OC. The van der Waals surface area contributed by atoms with Gasteiger partial charge in [0, 0.05) is 6.07 Å². The number of hydrogen-bond donors (Lipinski definition) is 1. The second-order valence-corrected chi connectivity index (χ2v) is 5.69. The van der Waals surface area contributed by atoms with Gasteiger partial charge in [-0.1, -0.05) is 41.9 Å². The average molecular weight is 385 g/mol. The van der Waals surface area contributed by atoms with Crippen molar-refractivity contribution in [1.29, 1.82) is 5.26 Å². The fourth-order valence-corrected chi connectivity index (χ4v) is 2.45. The third kappa shape index (κ3) is 5.09. The van der Waals surface area contributed by atoms with E-state index in [-0.39, 0.29) is 34.2 Å². The van der Waals surface area contributed by atoms with Gasteiger partial charge in [-0.25, -0.2) is 4.79 Å². The molecule has 0 heterocycles. The van der Waals surface area contributed by atoms with E-state index in [4.69, 9.17) is 21.1 Å². The Kier molecular flexibility index (Phi) is 6.98. The Labute approximate surface area is 162 Å². The molecular weight excluding hydrogens is 368 g/mol. The molecule has 0 unspecified atom stereocenters. The molecular formula is C20H17ClN2O4. The molecule has 2 aromatic carbocycles. The highest BCUT2D eigenvalue weighted by atomic mass is 35.5. The monoisotopic (exact) mass is 384 g/mol. The van der Waals surface area contributed by atoms with E-state index in [1.54, 1.807) is 31.2 Å². The van der Waals surface area contributed by atoms with Crippen molar-refractivity contribution in [3.05, 3.63) is 64.2 Å². The molecule has 2 aromatic rings. The van der Waals surface area contributed by atoms with Gasteiger partial charge in [-0.05, 0) is 24.6 Å². The molecule has 0 aliphatic heterocycles. The number of carbonyl (C=O) groups is 2. The van der Waals surface area contributed by atoms with E-state index in [2.05, 4.69) is 5.32 Å². The Morgan fingerprint density at radius 3 is 2.56 bits per heavy atom. The zero-order chi connectivity index (χ0) is 19.8. The Bertz CT molecular complexity index is 918. The first-order valence-corrected chi connectivity index (χ1v) is 8.40. The van der Waals surface area contributed by atoms with Crippen molar-refractivity contribution in [2.75, 3.05) is 19.0 Å². The van der Waals surface area contributed by atoms with Crippen molar-refractivity contribution in [2.45, 2.75) is 6.92 Å². The molecule has 0 atom stereocenters. The summed E-state index contributed by atoms with van der Waals surface area (Å²) in [5.41, 5.74) is 0.972. The molecule has 0 saturated heterocycles. The van der Waals surface area contributed by atoms with Gasteiger partial charge in [0.15, 0.2) is 0 Å². The maximum Gasteiger partial charge on any atom is 0.341 e. The Balaban J connectivity index is 2.30. The first-order chi connectivity index (χ1) is 13.0. The topological polar surface area (TPSA) is 88.4 Å². The number of halogens is 1. The number of nitrogens with one attached hydrogen (secondary N) is 1. The van der Waals surface area contributed by atoms with Gasteiger partial charge in [-0.2, -0.15) is 5.26 Å². The lowest BCUT2D eigenvalue weighted by molar-refractivity contribution is -0.112. The predicted molar refractivity (Wildman–Crippen MR) is 103 cm³/mol. The predicted octanol–water partition coefficient (Wildman–Crippen LogP) is 4.07. The van der Waals surface area contributed by atoms with Gasteiger partial charge in [0.2, 0.25) is 0 Å². The van der Waals surface area contributed by atoms with E-state index in [9.17, 15) is 14.9 Å². The van der Waals surface area contributed by atoms with Crippen LogP contribution in [0, 0.1) is 11.3 Å². The number of benzene rings is 2. The van der Waals surface area contributed by atoms with Gasteiger partial charge in [0.1, 0.15) is 23.0 Å². The lowest BCUT2D eigenvalue weighted by Crippen LogP contribution is -2.15.